The molecule has 87 heavy (non-hydrogen) atoms. The molecule has 19 N–H and O–H groups in total. The summed E-state index contributed by atoms with van der Waals surface area (Å²) in [6, 6.07) is -2.46. The van der Waals surface area contributed by atoms with Gasteiger partial charge in [-0.05, 0) is 57.8 Å². The number of hydrogen-bond donors (Lipinski definition) is 16. The van der Waals surface area contributed by atoms with Gasteiger partial charge in [0, 0.05) is 116 Å². The first-order valence-electron chi connectivity index (χ1n) is 30.8. The van der Waals surface area contributed by atoms with E-state index in [0.717, 1.165) is 0 Å². The van der Waals surface area contributed by atoms with Crippen molar-refractivity contribution in [3.63, 3.8) is 0 Å². The van der Waals surface area contributed by atoms with Gasteiger partial charge in [-0.3, -0.25) is 28.8 Å². The normalized spacial score (nSPS) is 26.3. The van der Waals surface area contributed by atoms with Crippen LogP contribution >= 0.6 is 0 Å². The molecule has 0 aromatic rings. The fourth-order valence-electron chi connectivity index (χ4n) is 9.18. The average Bonchev–Trinajstić information content (AvgIpc) is 3.42. The zero-order chi connectivity index (χ0) is 63.8. The first kappa shape index (κ1) is 77.3. The maximum atomic E-state index is 12.6. The Morgan fingerprint density at radius 3 is 1.03 bits per heavy atom. The van der Waals surface area contributed by atoms with E-state index in [4.69, 9.17) is 59.8 Å². The van der Waals surface area contributed by atoms with Gasteiger partial charge in [0.2, 0.25) is 35.4 Å². The predicted molar refractivity (Wildman–Crippen MR) is 310 cm³/mol. The Balaban J connectivity index is 1.29. The second-order valence-corrected chi connectivity index (χ2v) is 22.5. The molecule has 31 heteroatoms. The molecule has 6 amide bonds. The number of aliphatic hydroxyl groups is 7. The number of unbranched alkanes of at least 4 members (excludes halogenated alkanes) is 3. The summed E-state index contributed by atoms with van der Waals surface area (Å²) in [7, 11) is 0. The van der Waals surface area contributed by atoms with Crippen molar-refractivity contribution >= 4 is 35.4 Å². The Bertz CT molecular complexity index is 1840. The fraction of sp³-hybridized carbons (Fsp3) is 0.893. The van der Waals surface area contributed by atoms with Crippen molar-refractivity contribution in [2.24, 2.45) is 22.6 Å². The molecule has 3 rings (SSSR count). The van der Waals surface area contributed by atoms with Crippen LogP contribution in [0.2, 0.25) is 0 Å². The molecule has 3 saturated heterocycles. The van der Waals surface area contributed by atoms with E-state index in [9.17, 15) is 64.5 Å². The SMILES string of the molecule is CC(COCCC(=O)NCCCNC(=O)CCCCOC1OC(CO)C(O)C(O)C1N)(COCCC(=O)NCCCNC(=O)CCCCOC1OC(CO)CC(O)[C@@H]1N)COCCC(=O)NCCCNC(=O)CCCCOC1OC(CO)CC(O)[C@@H]1N. The maximum Gasteiger partial charge on any atom is 0.222 e. The third kappa shape index (κ3) is 33.1. The highest BCUT2D eigenvalue weighted by atomic mass is 16.7. The minimum atomic E-state index is -1.33. The lowest BCUT2D eigenvalue weighted by molar-refractivity contribution is -0.265. The molecule has 11 unspecified atom stereocenters. The molecule has 13 atom stereocenters. The molecule has 0 radical (unpaired) electrons. The van der Waals surface area contributed by atoms with Crippen molar-refractivity contribution in [1.29, 1.82) is 0 Å². The number of nitrogens with one attached hydrogen (secondary N) is 6. The highest BCUT2D eigenvalue weighted by molar-refractivity contribution is 5.78. The lowest BCUT2D eigenvalue weighted by Crippen LogP contribution is -2.62. The number of rotatable bonds is 48. The Labute approximate surface area is 510 Å². The number of ether oxygens (including phenoxy) is 9. The average molecular weight is 1260 g/mol. The van der Waals surface area contributed by atoms with Gasteiger partial charge >= 0.3 is 0 Å². The van der Waals surface area contributed by atoms with E-state index in [1.165, 1.54) is 0 Å². The molecule has 3 fully saturated rings. The van der Waals surface area contributed by atoms with Crippen LogP contribution < -0.4 is 49.1 Å². The minimum absolute atomic E-state index is 0.0575. The summed E-state index contributed by atoms with van der Waals surface area (Å²) in [5.74, 6) is -1.20. The fourth-order valence-corrected chi connectivity index (χ4v) is 9.18. The molecule has 3 aliphatic rings. The van der Waals surface area contributed by atoms with Gasteiger partial charge in [-0.25, -0.2) is 0 Å². The largest absolute Gasteiger partial charge is 0.394 e. The van der Waals surface area contributed by atoms with E-state index in [1.807, 2.05) is 6.92 Å². The molecular formula is C56H105N9O22. The Morgan fingerprint density at radius 1 is 0.414 bits per heavy atom. The molecule has 0 aromatic heterocycles. The monoisotopic (exact) mass is 1260 g/mol. The van der Waals surface area contributed by atoms with E-state index < -0.39 is 91.7 Å². The second kappa shape index (κ2) is 45.3. The predicted octanol–water partition coefficient (Wildman–Crippen LogP) is -5.00. The smallest absolute Gasteiger partial charge is 0.222 e. The van der Waals surface area contributed by atoms with Crippen LogP contribution in [0, 0.1) is 5.41 Å². The zero-order valence-corrected chi connectivity index (χ0v) is 50.7. The summed E-state index contributed by atoms with van der Waals surface area (Å²) in [6.07, 6.45) is -3.03. The number of nitrogens with two attached hydrogens (primary N) is 3. The summed E-state index contributed by atoms with van der Waals surface area (Å²) in [4.78, 5) is 74.8. The lowest BCUT2D eigenvalue weighted by Gasteiger charge is -2.40. The van der Waals surface area contributed by atoms with E-state index in [1.54, 1.807) is 0 Å². The van der Waals surface area contributed by atoms with Crippen LogP contribution in [-0.2, 0) is 71.4 Å². The molecule has 0 spiro atoms. The Hall–Kier alpha value is -3.94. The van der Waals surface area contributed by atoms with Crippen LogP contribution in [0.15, 0.2) is 0 Å². The molecule has 0 aliphatic carbocycles. The van der Waals surface area contributed by atoms with E-state index >= 15 is 0 Å². The Morgan fingerprint density at radius 2 is 0.724 bits per heavy atom. The standard InChI is InChI=1S/C56H105N9O22/c1-56(34-79-26-14-45(74)63-20-8-17-60-42(71)11-2-5-23-82-53-48(57)39(69)29-37(31-66)85-53,35-80-27-15-46(75)64-21-9-18-61-43(72)12-3-6-24-83-54-49(58)40(70)30-38(32-67)86-54)36-81-28-16-47(76)65-22-10-19-62-44(73)13-4-7-25-84-55-50(59)52(78)51(77)41(33-68)87-55/h37-41,48-55,66-70,77-78H,2-36,57-59H2,1H3,(H,60,71)(H,61,72)(H,62,73)(H,63,74)(H,64,75)(H,65,76)/t37?,38?,39?,40?,41?,48-,49-,50?,51?,52?,53?,54?,55?,56?/m0/s1. The maximum absolute atomic E-state index is 12.6. The summed E-state index contributed by atoms with van der Waals surface area (Å²) >= 11 is 0. The van der Waals surface area contributed by atoms with Gasteiger partial charge in [0.25, 0.3) is 0 Å². The zero-order valence-electron chi connectivity index (χ0n) is 50.7. The van der Waals surface area contributed by atoms with Gasteiger partial charge in [-0.15, -0.1) is 0 Å². The molecule has 31 nitrogen and oxygen atoms in total. The van der Waals surface area contributed by atoms with Crippen molar-refractivity contribution in [2.75, 3.05) is 119 Å². The van der Waals surface area contributed by atoms with Crippen molar-refractivity contribution in [1.82, 2.24) is 31.9 Å². The molecule has 0 bridgehead atoms. The van der Waals surface area contributed by atoms with Crippen molar-refractivity contribution in [3.8, 4) is 0 Å². The quantitative estimate of drug-likeness (QED) is 0.0254. The van der Waals surface area contributed by atoms with Crippen molar-refractivity contribution in [3.05, 3.63) is 0 Å². The van der Waals surface area contributed by atoms with Gasteiger partial charge in [0.1, 0.15) is 18.3 Å². The van der Waals surface area contributed by atoms with Crippen LogP contribution in [0.3, 0.4) is 0 Å². The molecular weight excluding hydrogens is 1150 g/mol. The highest BCUT2D eigenvalue weighted by Crippen LogP contribution is 2.24. The molecule has 3 aliphatic heterocycles. The summed E-state index contributed by atoms with van der Waals surface area (Å²) in [5, 5.41) is 85.1. The van der Waals surface area contributed by atoms with Crippen LogP contribution in [0.4, 0.5) is 0 Å². The van der Waals surface area contributed by atoms with E-state index in [0.29, 0.717) is 97.1 Å². The first-order chi connectivity index (χ1) is 41.8. The van der Waals surface area contributed by atoms with Gasteiger partial charge in [-0.2, -0.15) is 0 Å². The highest BCUT2D eigenvalue weighted by Gasteiger charge is 2.43. The Kier molecular flexibility index (Phi) is 40.3. The lowest BCUT2D eigenvalue weighted by atomic mass is 9.94. The van der Waals surface area contributed by atoms with Gasteiger partial charge in [0.15, 0.2) is 18.9 Å². The number of carbonyl (C=O) groups is 6. The number of aliphatic hydroxyl groups excluding tert-OH is 7. The first-order valence-corrected chi connectivity index (χ1v) is 30.8. The summed E-state index contributed by atoms with van der Waals surface area (Å²) < 4.78 is 51.1. The number of carbonyl (C=O) groups excluding carboxylic acids is 6. The van der Waals surface area contributed by atoms with Crippen molar-refractivity contribution in [2.45, 2.75) is 196 Å². The topological polar surface area (TPSA) is 477 Å². The van der Waals surface area contributed by atoms with Crippen LogP contribution in [0.1, 0.15) is 116 Å². The molecule has 506 valence electrons. The third-order valence-electron chi connectivity index (χ3n) is 14.5. The minimum Gasteiger partial charge on any atom is -0.394 e. The van der Waals surface area contributed by atoms with Gasteiger partial charge in [-0.1, -0.05) is 6.92 Å². The molecule has 0 saturated carbocycles. The summed E-state index contributed by atoms with van der Waals surface area (Å²) in [5.41, 5.74) is 17.0. The van der Waals surface area contributed by atoms with Crippen LogP contribution in [0.5, 0.6) is 0 Å². The van der Waals surface area contributed by atoms with Crippen molar-refractivity contribution < 1.29 is 107 Å². The van der Waals surface area contributed by atoms with E-state index in [2.05, 4.69) is 31.9 Å². The number of hydrogen-bond acceptors (Lipinski definition) is 25. The summed E-state index contributed by atoms with van der Waals surface area (Å²) in [6.45, 7) is 4.24. The third-order valence-corrected chi connectivity index (χ3v) is 14.5. The van der Waals surface area contributed by atoms with Crippen LogP contribution in [0.25, 0.3) is 0 Å². The number of amides is 6. The molecule has 0 aromatic carbocycles. The second-order valence-electron chi connectivity index (χ2n) is 22.5. The van der Waals surface area contributed by atoms with Crippen LogP contribution in [-0.4, -0.2) is 269 Å². The van der Waals surface area contributed by atoms with Gasteiger partial charge in [0.05, 0.1) is 102 Å². The van der Waals surface area contributed by atoms with E-state index in [-0.39, 0.29) is 159 Å². The molecule has 3 heterocycles. The van der Waals surface area contributed by atoms with Gasteiger partial charge < -0.3 is 127 Å².